The molecule has 0 radical (unpaired) electrons. The van der Waals surface area contributed by atoms with Crippen LogP contribution in [0.2, 0.25) is 0 Å². The highest BCUT2D eigenvalue weighted by Gasteiger charge is 2.40. The van der Waals surface area contributed by atoms with E-state index >= 15 is 0 Å². The van der Waals surface area contributed by atoms with Gasteiger partial charge in [0.25, 0.3) is 0 Å². The second-order valence-electron chi connectivity index (χ2n) is 8.67. The van der Waals surface area contributed by atoms with Crippen LogP contribution in [0.15, 0.2) is 47.1 Å². The molecule has 0 saturated carbocycles. The summed E-state index contributed by atoms with van der Waals surface area (Å²) in [4.78, 5) is 13.0. The zero-order chi connectivity index (χ0) is 23.9. The zero-order valence-corrected chi connectivity index (χ0v) is 19.3. The molecule has 0 spiro atoms. The van der Waals surface area contributed by atoms with Gasteiger partial charge in [-0.2, -0.15) is 5.26 Å². The summed E-state index contributed by atoms with van der Waals surface area (Å²) in [5.41, 5.74) is 13.0. The number of allylic oxidation sites excluding steroid dienone is 3. The Morgan fingerprint density at radius 2 is 1.73 bits per heavy atom. The highest BCUT2D eigenvalue weighted by molar-refractivity contribution is 5.99. The fourth-order valence-electron chi connectivity index (χ4n) is 4.90. The van der Waals surface area contributed by atoms with E-state index in [-0.39, 0.29) is 23.1 Å². The number of benzene rings is 2. The molecule has 2 aromatic carbocycles. The summed E-state index contributed by atoms with van der Waals surface area (Å²) >= 11 is 0. The number of hydrogen-bond donors (Lipinski definition) is 1. The molecule has 6 heteroatoms. The predicted octanol–water partition coefficient (Wildman–Crippen LogP) is 5.45. The van der Waals surface area contributed by atoms with Crippen molar-refractivity contribution in [1.82, 2.24) is 0 Å². The molecule has 0 fully saturated rings. The van der Waals surface area contributed by atoms with Crippen LogP contribution in [0.5, 0.6) is 5.75 Å². The highest BCUT2D eigenvalue weighted by atomic mass is 19.1. The lowest BCUT2D eigenvalue weighted by Crippen LogP contribution is -2.28. The van der Waals surface area contributed by atoms with Gasteiger partial charge in [0.2, 0.25) is 5.88 Å². The van der Waals surface area contributed by atoms with Gasteiger partial charge >= 0.3 is 0 Å². The maximum atomic E-state index is 13.2. The van der Waals surface area contributed by atoms with Gasteiger partial charge in [0.05, 0.1) is 5.92 Å². The molecule has 2 aromatic rings. The molecule has 0 aromatic heterocycles. The Morgan fingerprint density at radius 1 is 1.09 bits per heavy atom. The van der Waals surface area contributed by atoms with Gasteiger partial charge in [-0.15, -0.1) is 0 Å². The Bertz CT molecular complexity index is 1220. The van der Waals surface area contributed by atoms with Crippen molar-refractivity contribution in [1.29, 1.82) is 5.26 Å². The molecule has 4 rings (SSSR count). The molecule has 0 amide bonds. The maximum Gasteiger partial charge on any atom is 0.205 e. The van der Waals surface area contributed by atoms with Crippen LogP contribution in [0, 0.1) is 44.8 Å². The van der Waals surface area contributed by atoms with Gasteiger partial charge in [0.15, 0.2) is 5.78 Å². The van der Waals surface area contributed by atoms with E-state index in [2.05, 4.69) is 6.07 Å². The van der Waals surface area contributed by atoms with Crippen molar-refractivity contribution in [3.05, 3.63) is 86.3 Å². The lowest BCUT2D eigenvalue weighted by atomic mass is 9.73. The predicted molar refractivity (Wildman–Crippen MR) is 123 cm³/mol. The van der Waals surface area contributed by atoms with Gasteiger partial charge in [-0.05, 0) is 91.8 Å². The van der Waals surface area contributed by atoms with Crippen LogP contribution in [-0.2, 0) is 16.1 Å². The van der Waals surface area contributed by atoms with E-state index in [1.54, 1.807) is 12.1 Å². The number of nitriles is 1. The van der Waals surface area contributed by atoms with Gasteiger partial charge in [0, 0.05) is 18.4 Å². The molecule has 1 heterocycles. The molecule has 0 unspecified atom stereocenters. The highest BCUT2D eigenvalue weighted by Crippen LogP contribution is 2.46. The Morgan fingerprint density at radius 3 is 2.33 bits per heavy atom. The minimum atomic E-state index is -0.531. The van der Waals surface area contributed by atoms with Crippen molar-refractivity contribution in [2.75, 3.05) is 0 Å². The van der Waals surface area contributed by atoms with Crippen molar-refractivity contribution in [2.24, 2.45) is 5.73 Å². The molecule has 33 heavy (non-hydrogen) atoms. The van der Waals surface area contributed by atoms with Crippen molar-refractivity contribution in [2.45, 2.75) is 59.5 Å². The fourth-order valence-corrected chi connectivity index (χ4v) is 4.90. The minimum Gasteiger partial charge on any atom is -0.489 e. The average molecular weight is 447 g/mol. The van der Waals surface area contributed by atoms with E-state index in [4.69, 9.17) is 15.2 Å². The van der Waals surface area contributed by atoms with E-state index in [0.29, 0.717) is 36.5 Å². The van der Waals surface area contributed by atoms with Crippen LogP contribution in [0.4, 0.5) is 4.39 Å². The first-order valence-corrected chi connectivity index (χ1v) is 11.1. The number of ether oxygens (including phenoxy) is 2. The number of carbonyl (C=O) groups excluding carboxylic acids is 1. The van der Waals surface area contributed by atoms with E-state index in [0.717, 1.165) is 39.8 Å². The van der Waals surface area contributed by atoms with Gasteiger partial charge in [-0.25, -0.2) is 4.39 Å². The van der Waals surface area contributed by atoms with Crippen LogP contribution in [0.1, 0.15) is 58.6 Å². The summed E-state index contributed by atoms with van der Waals surface area (Å²) in [6.45, 7) is 8.38. The van der Waals surface area contributed by atoms with Gasteiger partial charge in [-0.3, -0.25) is 4.79 Å². The second-order valence-corrected chi connectivity index (χ2v) is 8.67. The summed E-state index contributed by atoms with van der Waals surface area (Å²) in [6.07, 6.45) is 1.79. The number of ketones is 1. The van der Waals surface area contributed by atoms with Crippen LogP contribution >= 0.6 is 0 Å². The molecule has 2 N–H and O–H groups in total. The van der Waals surface area contributed by atoms with Crippen LogP contribution in [0.25, 0.3) is 0 Å². The molecule has 1 atom stereocenters. The standard InChI is InChI=1S/C27H27FN2O3/c1-14-16(3)24(17(4)15(2)21(14)13-32-19-10-8-18(28)9-11-19)25-20(12-29)27(30)33-23-7-5-6-22(31)26(23)25/h8-11,25H,5-7,13,30H2,1-4H3/t25-/m0/s1. The monoisotopic (exact) mass is 446 g/mol. The summed E-state index contributed by atoms with van der Waals surface area (Å²) in [5.74, 6) is 0.424. The molecule has 2 aliphatic rings. The zero-order valence-electron chi connectivity index (χ0n) is 19.3. The Balaban J connectivity index is 1.81. The molecule has 0 saturated heterocycles. The minimum absolute atomic E-state index is 0.0133. The first-order chi connectivity index (χ1) is 15.7. The molecular formula is C27H27FN2O3. The Hall–Kier alpha value is -3.59. The van der Waals surface area contributed by atoms with E-state index in [9.17, 15) is 14.4 Å². The van der Waals surface area contributed by atoms with Gasteiger partial charge in [-0.1, -0.05) is 0 Å². The van der Waals surface area contributed by atoms with Gasteiger partial charge in [0.1, 0.15) is 35.6 Å². The number of hydrogen-bond acceptors (Lipinski definition) is 5. The third-order valence-corrected chi connectivity index (χ3v) is 6.93. The smallest absolute Gasteiger partial charge is 0.205 e. The number of nitrogens with zero attached hydrogens (tertiary/aromatic N) is 1. The van der Waals surface area contributed by atoms with Crippen molar-refractivity contribution < 1.29 is 18.7 Å². The van der Waals surface area contributed by atoms with E-state index in [1.807, 2.05) is 27.7 Å². The number of nitrogens with two attached hydrogens (primary N) is 1. The van der Waals surface area contributed by atoms with Crippen molar-refractivity contribution in [3.8, 4) is 11.8 Å². The van der Waals surface area contributed by atoms with Crippen LogP contribution in [0.3, 0.4) is 0 Å². The summed E-state index contributed by atoms with van der Waals surface area (Å²) in [5, 5.41) is 9.93. The number of rotatable bonds is 4. The van der Waals surface area contributed by atoms with Crippen molar-refractivity contribution >= 4 is 5.78 Å². The third-order valence-electron chi connectivity index (χ3n) is 6.93. The van der Waals surface area contributed by atoms with E-state index in [1.165, 1.54) is 12.1 Å². The molecule has 0 bridgehead atoms. The number of halogens is 1. The number of carbonyl (C=O) groups is 1. The molecule has 1 aliphatic heterocycles. The van der Waals surface area contributed by atoms with Crippen LogP contribution in [-0.4, -0.2) is 5.78 Å². The SMILES string of the molecule is Cc1c(C)c([C@@H]2C(C#N)=C(N)OC3=C2C(=O)CCC3)c(C)c(C)c1COc1ccc(F)cc1. The Labute approximate surface area is 193 Å². The van der Waals surface area contributed by atoms with Crippen LogP contribution < -0.4 is 10.5 Å². The molecule has 1 aliphatic carbocycles. The van der Waals surface area contributed by atoms with E-state index < -0.39 is 5.92 Å². The second kappa shape index (κ2) is 8.74. The maximum absolute atomic E-state index is 13.2. The lowest BCUT2D eigenvalue weighted by Gasteiger charge is -2.33. The summed E-state index contributed by atoms with van der Waals surface area (Å²) in [6, 6.07) is 8.14. The quantitative estimate of drug-likeness (QED) is 0.675. The first-order valence-electron chi connectivity index (χ1n) is 11.1. The molecule has 5 nitrogen and oxygen atoms in total. The third kappa shape index (κ3) is 3.89. The number of Topliss-reactive ketones (excluding diaryl/α,β-unsaturated/α-hetero) is 1. The topological polar surface area (TPSA) is 85.3 Å². The fraction of sp³-hybridized carbons (Fsp3) is 0.333. The molecular weight excluding hydrogens is 419 g/mol. The normalized spacial score (nSPS) is 18.1. The lowest BCUT2D eigenvalue weighted by molar-refractivity contribution is -0.116. The first kappa shape index (κ1) is 22.6. The summed E-state index contributed by atoms with van der Waals surface area (Å²) < 4.78 is 24.9. The largest absolute Gasteiger partial charge is 0.489 e. The molecule has 170 valence electrons. The Kier molecular flexibility index (Phi) is 5.99. The van der Waals surface area contributed by atoms with Gasteiger partial charge < -0.3 is 15.2 Å². The van der Waals surface area contributed by atoms with Crippen molar-refractivity contribution in [3.63, 3.8) is 0 Å². The average Bonchev–Trinajstić information content (AvgIpc) is 2.79. The summed E-state index contributed by atoms with van der Waals surface area (Å²) in [7, 11) is 0.